The quantitative estimate of drug-likeness (QED) is 0.573. The molecule has 0 radical (unpaired) electrons. The average Bonchev–Trinajstić information content (AvgIpc) is 3.22. The predicted molar refractivity (Wildman–Crippen MR) is 112 cm³/mol. The van der Waals surface area contributed by atoms with Gasteiger partial charge in [0.2, 0.25) is 6.79 Å². The molecule has 0 aromatic heterocycles. The van der Waals surface area contributed by atoms with Gasteiger partial charge in [0.15, 0.2) is 11.5 Å². The summed E-state index contributed by atoms with van der Waals surface area (Å²) in [5.74, 6) is 0.861. The number of anilines is 1. The molecule has 1 atom stereocenters. The van der Waals surface area contributed by atoms with Crippen molar-refractivity contribution in [3.05, 3.63) is 42.5 Å². The molecule has 8 heteroatoms. The van der Waals surface area contributed by atoms with Crippen LogP contribution in [0.4, 0.5) is 10.5 Å². The Bertz CT molecular complexity index is 899. The number of alkyl carbamates (subject to hydrolysis) is 1. The fourth-order valence-corrected chi connectivity index (χ4v) is 2.83. The number of benzene rings is 2. The Morgan fingerprint density at radius 2 is 1.80 bits per heavy atom. The Labute approximate surface area is 175 Å². The number of aliphatic hydroxyl groups excluding tert-OH is 1. The lowest BCUT2D eigenvalue weighted by molar-refractivity contribution is -0.123. The minimum atomic E-state index is -1.51. The molecule has 0 saturated carbocycles. The van der Waals surface area contributed by atoms with E-state index in [0.29, 0.717) is 17.2 Å². The van der Waals surface area contributed by atoms with Crippen LogP contribution in [0.5, 0.6) is 11.5 Å². The first-order chi connectivity index (χ1) is 14.4. The SMILES string of the molecule is CCCCOC(=O)N[C@@](C)(CO)C(=O)Nc1ccc(-c2ccc3c(c2)OCO3)cc1. The number of aliphatic hydroxyl groups is 1. The van der Waals surface area contributed by atoms with Crippen LogP contribution in [0.1, 0.15) is 26.7 Å². The zero-order valence-corrected chi connectivity index (χ0v) is 17.1. The summed E-state index contributed by atoms with van der Waals surface area (Å²) < 4.78 is 15.7. The lowest BCUT2D eigenvalue weighted by Gasteiger charge is -2.27. The van der Waals surface area contributed by atoms with Gasteiger partial charge in [0.25, 0.3) is 5.91 Å². The first kappa shape index (κ1) is 21.4. The predicted octanol–water partition coefficient (Wildman–Crippen LogP) is 3.30. The number of hydrogen-bond donors (Lipinski definition) is 3. The van der Waals surface area contributed by atoms with E-state index < -0.39 is 24.1 Å². The van der Waals surface area contributed by atoms with Gasteiger partial charge in [0, 0.05) is 5.69 Å². The molecule has 2 amide bonds. The highest BCUT2D eigenvalue weighted by molar-refractivity contribution is 6.00. The minimum absolute atomic E-state index is 0.216. The van der Waals surface area contributed by atoms with Gasteiger partial charge in [-0.2, -0.15) is 0 Å². The van der Waals surface area contributed by atoms with Crippen LogP contribution < -0.4 is 20.1 Å². The van der Waals surface area contributed by atoms with Crippen LogP contribution in [0.3, 0.4) is 0 Å². The van der Waals surface area contributed by atoms with Crippen LogP contribution in [0.2, 0.25) is 0 Å². The van der Waals surface area contributed by atoms with Gasteiger partial charge >= 0.3 is 6.09 Å². The van der Waals surface area contributed by atoms with Gasteiger partial charge in [0.1, 0.15) is 5.54 Å². The highest BCUT2D eigenvalue weighted by Gasteiger charge is 2.35. The van der Waals surface area contributed by atoms with Gasteiger partial charge in [-0.05, 0) is 48.7 Å². The van der Waals surface area contributed by atoms with E-state index in [2.05, 4.69) is 10.6 Å². The fourth-order valence-electron chi connectivity index (χ4n) is 2.83. The molecule has 1 aliphatic heterocycles. The molecular formula is C22H26N2O6. The molecular weight excluding hydrogens is 388 g/mol. The van der Waals surface area contributed by atoms with Crippen LogP contribution in [0.25, 0.3) is 11.1 Å². The van der Waals surface area contributed by atoms with Crippen molar-refractivity contribution >= 4 is 17.7 Å². The van der Waals surface area contributed by atoms with Gasteiger partial charge in [-0.3, -0.25) is 4.79 Å². The highest BCUT2D eigenvalue weighted by Crippen LogP contribution is 2.36. The molecule has 2 aromatic carbocycles. The van der Waals surface area contributed by atoms with Crippen molar-refractivity contribution in [3.63, 3.8) is 0 Å². The molecule has 0 aliphatic carbocycles. The maximum atomic E-state index is 12.6. The monoisotopic (exact) mass is 414 g/mol. The van der Waals surface area contributed by atoms with Crippen molar-refractivity contribution in [3.8, 4) is 22.6 Å². The lowest BCUT2D eigenvalue weighted by atomic mass is 10.0. The van der Waals surface area contributed by atoms with Gasteiger partial charge in [-0.25, -0.2) is 4.79 Å². The topological polar surface area (TPSA) is 106 Å². The molecule has 8 nitrogen and oxygen atoms in total. The molecule has 1 aliphatic rings. The van der Waals surface area contributed by atoms with E-state index in [9.17, 15) is 14.7 Å². The first-order valence-electron chi connectivity index (χ1n) is 9.82. The maximum absolute atomic E-state index is 12.6. The smallest absolute Gasteiger partial charge is 0.408 e. The summed E-state index contributed by atoms with van der Waals surface area (Å²) in [6, 6.07) is 12.9. The summed E-state index contributed by atoms with van der Waals surface area (Å²) in [7, 11) is 0. The van der Waals surface area contributed by atoms with Crippen molar-refractivity contribution in [1.29, 1.82) is 0 Å². The number of amides is 2. The zero-order chi connectivity index (χ0) is 21.6. The molecule has 3 rings (SSSR count). The molecule has 2 aromatic rings. The van der Waals surface area contributed by atoms with E-state index in [1.165, 1.54) is 6.92 Å². The summed E-state index contributed by atoms with van der Waals surface area (Å²) in [5, 5.41) is 14.8. The molecule has 3 N–H and O–H groups in total. The second kappa shape index (κ2) is 9.49. The largest absolute Gasteiger partial charge is 0.454 e. The Morgan fingerprint density at radius 3 is 2.50 bits per heavy atom. The standard InChI is InChI=1S/C22H26N2O6/c1-3-4-11-28-21(27)24-22(2,13-25)20(26)23-17-8-5-15(6-9-17)16-7-10-18-19(12-16)30-14-29-18/h5-10,12,25H,3-4,11,13-14H2,1-2H3,(H,23,26)(H,24,27)/t22-/m0/s1. The number of rotatable bonds is 8. The third-order valence-electron chi connectivity index (χ3n) is 4.78. The van der Waals surface area contributed by atoms with Crippen molar-refractivity contribution in [2.45, 2.75) is 32.2 Å². The summed E-state index contributed by atoms with van der Waals surface area (Å²) in [6.07, 6.45) is 0.867. The van der Waals surface area contributed by atoms with Gasteiger partial charge in [-0.15, -0.1) is 0 Å². The Balaban J connectivity index is 1.63. The molecule has 0 saturated heterocycles. The number of ether oxygens (including phenoxy) is 3. The Hall–Kier alpha value is -3.26. The lowest BCUT2D eigenvalue weighted by Crippen LogP contribution is -2.57. The van der Waals surface area contributed by atoms with Crippen molar-refractivity contribution < 1.29 is 28.9 Å². The van der Waals surface area contributed by atoms with E-state index in [1.807, 2.05) is 37.3 Å². The highest BCUT2D eigenvalue weighted by atomic mass is 16.7. The average molecular weight is 414 g/mol. The van der Waals surface area contributed by atoms with Gasteiger partial charge < -0.3 is 30.0 Å². The second-order valence-electron chi connectivity index (χ2n) is 7.20. The maximum Gasteiger partial charge on any atom is 0.408 e. The Morgan fingerprint density at radius 1 is 1.10 bits per heavy atom. The summed E-state index contributed by atoms with van der Waals surface area (Å²) >= 11 is 0. The Kier molecular flexibility index (Phi) is 6.79. The summed E-state index contributed by atoms with van der Waals surface area (Å²) in [5.41, 5.74) is 0.909. The number of carbonyl (C=O) groups is 2. The summed E-state index contributed by atoms with van der Waals surface area (Å²) in [6.45, 7) is 3.31. The third kappa shape index (κ3) is 5.01. The van der Waals surface area contributed by atoms with E-state index in [0.717, 1.165) is 24.0 Å². The molecule has 160 valence electrons. The molecule has 30 heavy (non-hydrogen) atoms. The van der Waals surface area contributed by atoms with Crippen molar-refractivity contribution in [2.24, 2.45) is 0 Å². The molecule has 0 spiro atoms. The fraction of sp³-hybridized carbons (Fsp3) is 0.364. The van der Waals surface area contributed by atoms with Crippen LogP contribution in [0.15, 0.2) is 42.5 Å². The number of hydrogen-bond acceptors (Lipinski definition) is 6. The van der Waals surface area contributed by atoms with Crippen molar-refractivity contribution in [2.75, 3.05) is 25.3 Å². The third-order valence-corrected chi connectivity index (χ3v) is 4.78. The van der Waals surface area contributed by atoms with E-state index in [-0.39, 0.29) is 13.4 Å². The van der Waals surface area contributed by atoms with Crippen molar-refractivity contribution in [1.82, 2.24) is 5.32 Å². The molecule has 0 bridgehead atoms. The van der Waals surface area contributed by atoms with Crippen LogP contribution >= 0.6 is 0 Å². The molecule has 0 fully saturated rings. The molecule has 1 heterocycles. The number of unbranched alkanes of at least 4 members (excludes halogenated alkanes) is 1. The minimum Gasteiger partial charge on any atom is -0.454 e. The summed E-state index contributed by atoms with van der Waals surface area (Å²) in [4.78, 5) is 24.5. The first-order valence-corrected chi connectivity index (χ1v) is 9.82. The normalized spacial score (nSPS) is 14.0. The van der Waals surface area contributed by atoms with Gasteiger partial charge in [-0.1, -0.05) is 31.5 Å². The second-order valence-corrected chi connectivity index (χ2v) is 7.20. The number of carbonyl (C=O) groups excluding carboxylic acids is 2. The number of fused-ring (bicyclic) bond motifs is 1. The van der Waals surface area contributed by atoms with Crippen LogP contribution in [-0.2, 0) is 9.53 Å². The zero-order valence-electron chi connectivity index (χ0n) is 17.1. The van der Waals surface area contributed by atoms with E-state index in [1.54, 1.807) is 12.1 Å². The van der Waals surface area contributed by atoms with Crippen LogP contribution in [0, 0.1) is 0 Å². The van der Waals surface area contributed by atoms with Crippen LogP contribution in [-0.4, -0.2) is 42.7 Å². The number of nitrogens with one attached hydrogen (secondary N) is 2. The van der Waals surface area contributed by atoms with Gasteiger partial charge in [0.05, 0.1) is 13.2 Å². The van der Waals surface area contributed by atoms with E-state index >= 15 is 0 Å². The van der Waals surface area contributed by atoms with E-state index in [4.69, 9.17) is 14.2 Å². The molecule has 0 unspecified atom stereocenters.